The van der Waals surface area contributed by atoms with Crippen LogP contribution in [0.3, 0.4) is 0 Å². The highest BCUT2D eigenvalue weighted by Crippen LogP contribution is 2.39. The Morgan fingerprint density at radius 2 is 1.50 bits per heavy atom. The summed E-state index contributed by atoms with van der Waals surface area (Å²) in [5, 5.41) is 5.23. The highest BCUT2D eigenvalue weighted by molar-refractivity contribution is 6.35. The first-order valence-corrected chi connectivity index (χ1v) is 15.1. The summed E-state index contributed by atoms with van der Waals surface area (Å²) < 4.78 is 81.5. The van der Waals surface area contributed by atoms with Crippen molar-refractivity contribution in [2.24, 2.45) is 22.7 Å². The number of halogens is 7. The number of para-hydroxylation sites is 1. The minimum absolute atomic E-state index is 0.0330. The number of nitrogens with two attached hydrogens (primary N) is 1. The van der Waals surface area contributed by atoms with Crippen LogP contribution in [0.4, 0.5) is 32.2 Å². The second kappa shape index (κ2) is 13.7. The lowest BCUT2D eigenvalue weighted by molar-refractivity contribution is -0.143. The maximum absolute atomic E-state index is 13.6. The molecule has 13 heteroatoms. The molecule has 2 fully saturated rings. The highest BCUT2D eigenvalue weighted by atomic mass is 35.5. The Hall–Kier alpha value is -3.41. The molecule has 0 atom stereocenters. The molecule has 44 heavy (non-hydrogen) atoms. The van der Waals surface area contributed by atoms with Crippen molar-refractivity contribution in [1.29, 1.82) is 0 Å². The van der Waals surface area contributed by atoms with Gasteiger partial charge in [-0.2, -0.15) is 26.3 Å². The van der Waals surface area contributed by atoms with Crippen molar-refractivity contribution in [3.05, 3.63) is 69.7 Å². The van der Waals surface area contributed by atoms with E-state index in [1.165, 1.54) is 11.9 Å². The maximum Gasteiger partial charge on any atom is 0.416 e. The summed E-state index contributed by atoms with van der Waals surface area (Å²) in [6.07, 6.45) is -5.45. The second-order valence-electron chi connectivity index (χ2n) is 11.0. The topological polar surface area (TPSA) is 69.8 Å². The fourth-order valence-corrected chi connectivity index (χ4v) is 5.22. The predicted octanol–water partition coefficient (Wildman–Crippen LogP) is 8.03. The SMILES string of the molecule is CC.CN/N=C(\N)N(Cc1cc(C(F)(F)F)cc(C(F)(F)F)c1)Cc1cc2cccc(Cl)c2nc1N(CC1CC1)CC1CC1. The summed E-state index contributed by atoms with van der Waals surface area (Å²) in [6, 6.07) is 8.83. The molecule has 2 aliphatic carbocycles. The third kappa shape index (κ3) is 8.61. The average molecular weight is 643 g/mol. The van der Waals surface area contributed by atoms with Crippen LogP contribution in [0.15, 0.2) is 47.6 Å². The van der Waals surface area contributed by atoms with Crippen molar-refractivity contribution < 1.29 is 26.3 Å². The van der Waals surface area contributed by atoms with Gasteiger partial charge in [0.25, 0.3) is 0 Å². The minimum Gasteiger partial charge on any atom is -0.368 e. The minimum atomic E-state index is -4.97. The summed E-state index contributed by atoms with van der Waals surface area (Å²) in [5.74, 6) is 1.66. The van der Waals surface area contributed by atoms with E-state index in [9.17, 15) is 26.3 Å². The number of pyridine rings is 1. The number of hydrogen-bond donors (Lipinski definition) is 2. The van der Waals surface area contributed by atoms with E-state index in [2.05, 4.69) is 15.4 Å². The van der Waals surface area contributed by atoms with E-state index in [0.717, 1.165) is 44.2 Å². The lowest BCUT2D eigenvalue weighted by Crippen LogP contribution is -2.38. The summed E-state index contributed by atoms with van der Waals surface area (Å²) in [4.78, 5) is 8.65. The molecule has 0 radical (unpaired) electrons. The van der Waals surface area contributed by atoms with Crippen LogP contribution in [0.1, 0.15) is 61.8 Å². The third-order valence-electron chi connectivity index (χ3n) is 7.44. The van der Waals surface area contributed by atoms with Gasteiger partial charge in [0.2, 0.25) is 5.96 Å². The molecule has 1 aromatic heterocycles. The van der Waals surface area contributed by atoms with Crippen LogP contribution < -0.4 is 16.1 Å². The summed E-state index contributed by atoms with van der Waals surface area (Å²) in [6.45, 7) is 5.28. The fourth-order valence-electron chi connectivity index (χ4n) is 5.00. The Morgan fingerprint density at radius 1 is 0.932 bits per heavy atom. The molecule has 0 bridgehead atoms. The molecule has 2 aromatic carbocycles. The molecule has 0 aliphatic heterocycles. The lowest BCUT2D eigenvalue weighted by atomic mass is 10.0. The monoisotopic (exact) mass is 642 g/mol. The molecule has 0 amide bonds. The largest absolute Gasteiger partial charge is 0.416 e. The number of anilines is 1. The normalized spacial score (nSPS) is 15.5. The standard InChI is InChI=1S/C29H31ClF6N6.C2H6/c1-38-40-27(37)42(15-19-9-22(28(31,32)33)12-23(10-19)29(34,35)36)16-21-11-20-3-2-4-24(30)25(20)39-26(21)41(13-17-5-6-17)14-18-7-8-18;1-2/h2-4,9-12,17-18,38H,5-8,13-16H2,1H3,(H2,37,40);1-2H3. The molecule has 5 rings (SSSR count). The van der Waals surface area contributed by atoms with Crippen molar-refractivity contribution in [1.82, 2.24) is 15.3 Å². The first-order valence-electron chi connectivity index (χ1n) is 14.7. The van der Waals surface area contributed by atoms with Gasteiger partial charge in [-0.25, -0.2) is 4.98 Å². The van der Waals surface area contributed by atoms with Gasteiger partial charge in [-0.1, -0.05) is 37.6 Å². The first kappa shape index (κ1) is 33.5. The number of fused-ring (bicyclic) bond motifs is 1. The molecule has 2 aliphatic rings. The first-order chi connectivity index (χ1) is 20.8. The van der Waals surface area contributed by atoms with Crippen LogP contribution in [-0.2, 0) is 25.4 Å². The van der Waals surface area contributed by atoms with Gasteiger partial charge in [0, 0.05) is 44.2 Å². The van der Waals surface area contributed by atoms with Gasteiger partial charge >= 0.3 is 12.4 Å². The number of benzene rings is 2. The number of nitrogens with zero attached hydrogens (tertiary/aromatic N) is 4. The maximum atomic E-state index is 13.6. The zero-order valence-electron chi connectivity index (χ0n) is 24.9. The molecule has 0 unspecified atom stereocenters. The van der Waals surface area contributed by atoms with Crippen molar-refractivity contribution in [3.8, 4) is 0 Å². The van der Waals surface area contributed by atoms with E-state index in [0.29, 0.717) is 45.9 Å². The fraction of sp³-hybridized carbons (Fsp3) is 0.484. The van der Waals surface area contributed by atoms with Crippen LogP contribution in [0.2, 0.25) is 5.02 Å². The van der Waals surface area contributed by atoms with Crippen LogP contribution in [0, 0.1) is 11.8 Å². The highest BCUT2D eigenvalue weighted by Gasteiger charge is 2.37. The van der Waals surface area contributed by atoms with E-state index in [1.54, 1.807) is 12.1 Å². The van der Waals surface area contributed by atoms with Gasteiger partial charge in [0.1, 0.15) is 5.82 Å². The van der Waals surface area contributed by atoms with Gasteiger partial charge in [-0.05, 0) is 73.4 Å². The lowest BCUT2D eigenvalue weighted by Gasteiger charge is -2.30. The molecular weight excluding hydrogens is 606 g/mol. The molecular formula is C31H37ClF6N6. The smallest absolute Gasteiger partial charge is 0.368 e. The number of nitrogens with one attached hydrogen (secondary N) is 1. The Bertz CT molecular complexity index is 1420. The van der Waals surface area contributed by atoms with Crippen molar-refractivity contribution in [3.63, 3.8) is 0 Å². The second-order valence-corrected chi connectivity index (χ2v) is 11.4. The number of alkyl halides is 6. The number of hydrazone groups is 1. The van der Waals surface area contributed by atoms with Gasteiger partial charge in [0.15, 0.2) is 0 Å². The van der Waals surface area contributed by atoms with Crippen molar-refractivity contribution in [2.45, 2.75) is 65.0 Å². The Balaban J connectivity index is 0.00000216. The predicted molar refractivity (Wildman–Crippen MR) is 162 cm³/mol. The summed E-state index contributed by atoms with van der Waals surface area (Å²) in [7, 11) is 1.50. The average Bonchev–Trinajstić information content (AvgIpc) is 3.90. The van der Waals surface area contributed by atoms with E-state index < -0.39 is 23.5 Å². The van der Waals surface area contributed by atoms with Crippen LogP contribution >= 0.6 is 11.6 Å². The van der Waals surface area contributed by atoms with Crippen LogP contribution in [0.5, 0.6) is 0 Å². The van der Waals surface area contributed by atoms with Crippen LogP contribution in [-0.4, -0.2) is 36.0 Å². The van der Waals surface area contributed by atoms with Crippen LogP contribution in [0.25, 0.3) is 10.9 Å². The molecule has 2 saturated carbocycles. The molecule has 1 heterocycles. The number of hydrogen-bond acceptors (Lipinski definition) is 4. The van der Waals surface area contributed by atoms with E-state index in [4.69, 9.17) is 22.3 Å². The van der Waals surface area contributed by atoms with Gasteiger partial charge in [0.05, 0.1) is 21.7 Å². The van der Waals surface area contributed by atoms with Gasteiger partial charge < -0.3 is 21.0 Å². The molecule has 3 aromatic rings. The van der Waals surface area contributed by atoms with E-state index in [-0.39, 0.29) is 30.7 Å². The van der Waals surface area contributed by atoms with Crippen molar-refractivity contribution in [2.75, 3.05) is 25.0 Å². The molecule has 0 spiro atoms. The van der Waals surface area contributed by atoms with E-state index >= 15 is 0 Å². The summed E-state index contributed by atoms with van der Waals surface area (Å²) in [5.41, 5.74) is 7.12. The number of rotatable bonds is 10. The van der Waals surface area contributed by atoms with Crippen molar-refractivity contribution >= 4 is 34.3 Å². The Kier molecular flexibility index (Phi) is 10.4. The molecule has 3 N–H and O–H groups in total. The summed E-state index contributed by atoms with van der Waals surface area (Å²) >= 11 is 6.51. The van der Waals surface area contributed by atoms with E-state index in [1.807, 2.05) is 26.0 Å². The van der Waals surface area contributed by atoms with Gasteiger partial charge in [-0.15, -0.1) is 5.10 Å². The molecule has 0 saturated heterocycles. The third-order valence-corrected chi connectivity index (χ3v) is 7.74. The quantitative estimate of drug-likeness (QED) is 0.101. The number of guanidine groups is 1. The Morgan fingerprint density at radius 3 is 2.00 bits per heavy atom. The number of aromatic nitrogens is 1. The Labute approximate surface area is 258 Å². The molecule has 6 nitrogen and oxygen atoms in total. The zero-order chi connectivity index (χ0) is 32.2. The van der Waals surface area contributed by atoms with Gasteiger partial charge in [-0.3, -0.25) is 0 Å². The zero-order valence-corrected chi connectivity index (χ0v) is 25.6. The molecule has 240 valence electrons.